The van der Waals surface area contributed by atoms with Gasteiger partial charge in [-0.2, -0.15) is 5.10 Å². The maximum Gasteiger partial charge on any atom is 0.255 e. The van der Waals surface area contributed by atoms with E-state index in [9.17, 15) is 4.79 Å². The van der Waals surface area contributed by atoms with Gasteiger partial charge in [0, 0.05) is 17.0 Å². The molecule has 25 heavy (non-hydrogen) atoms. The molecule has 1 amide bonds. The smallest absolute Gasteiger partial charge is 0.255 e. The monoisotopic (exact) mass is 374 g/mol. The van der Waals surface area contributed by atoms with Crippen LogP contribution >= 0.6 is 23.4 Å². The number of H-pyrrole nitrogens is 1. The lowest BCUT2D eigenvalue weighted by Gasteiger charge is -2.11. The van der Waals surface area contributed by atoms with Crippen LogP contribution < -0.4 is 10.1 Å². The van der Waals surface area contributed by atoms with Crippen molar-refractivity contribution in [2.24, 2.45) is 0 Å². The lowest BCUT2D eigenvalue weighted by molar-refractivity contribution is 0.102. The molecule has 0 aliphatic heterocycles. The van der Waals surface area contributed by atoms with Gasteiger partial charge < -0.3 is 10.1 Å². The molecule has 0 radical (unpaired) electrons. The highest BCUT2D eigenvalue weighted by Crippen LogP contribution is 2.28. The zero-order valence-electron chi connectivity index (χ0n) is 13.3. The third-order valence-electron chi connectivity index (χ3n) is 3.43. The van der Waals surface area contributed by atoms with Gasteiger partial charge in [-0.15, -0.1) is 0 Å². The molecule has 6 nitrogen and oxygen atoms in total. The van der Waals surface area contributed by atoms with Crippen molar-refractivity contribution in [2.45, 2.75) is 10.9 Å². The summed E-state index contributed by atoms with van der Waals surface area (Å²) in [5.74, 6) is 0.959. The Labute approximate surface area is 154 Å². The number of rotatable bonds is 6. The van der Waals surface area contributed by atoms with Crippen LogP contribution in [0.1, 0.15) is 15.9 Å². The van der Waals surface area contributed by atoms with Crippen molar-refractivity contribution in [3.63, 3.8) is 0 Å². The van der Waals surface area contributed by atoms with Gasteiger partial charge in [-0.05, 0) is 29.8 Å². The average molecular weight is 375 g/mol. The van der Waals surface area contributed by atoms with Gasteiger partial charge in [0.2, 0.25) is 0 Å². The second-order valence-corrected chi connectivity index (χ2v) is 6.41. The molecule has 1 heterocycles. The first kappa shape index (κ1) is 17.3. The SMILES string of the molecule is COc1ccc(NC(=O)c2ccccc2CSc2ncn[nH]2)cc1Cl. The molecule has 0 aliphatic rings. The summed E-state index contributed by atoms with van der Waals surface area (Å²) in [7, 11) is 1.54. The molecule has 0 saturated heterocycles. The van der Waals surface area contributed by atoms with Crippen LogP contribution in [-0.2, 0) is 5.75 Å². The van der Waals surface area contributed by atoms with Gasteiger partial charge in [0.1, 0.15) is 12.1 Å². The summed E-state index contributed by atoms with van der Waals surface area (Å²) in [5, 5.41) is 10.6. The van der Waals surface area contributed by atoms with Crippen molar-refractivity contribution in [1.29, 1.82) is 0 Å². The molecular formula is C17H15ClN4O2S. The summed E-state index contributed by atoms with van der Waals surface area (Å²) in [6.45, 7) is 0. The zero-order valence-corrected chi connectivity index (χ0v) is 14.9. The van der Waals surface area contributed by atoms with Crippen molar-refractivity contribution < 1.29 is 9.53 Å². The molecule has 1 aromatic heterocycles. The average Bonchev–Trinajstić information content (AvgIpc) is 3.14. The quantitative estimate of drug-likeness (QED) is 0.637. The van der Waals surface area contributed by atoms with Crippen LogP contribution in [0.4, 0.5) is 5.69 Å². The van der Waals surface area contributed by atoms with Crippen molar-refractivity contribution in [1.82, 2.24) is 15.2 Å². The Morgan fingerprint density at radius 1 is 1.32 bits per heavy atom. The number of hydrogen-bond donors (Lipinski definition) is 2. The van der Waals surface area contributed by atoms with Crippen molar-refractivity contribution in [2.75, 3.05) is 12.4 Å². The number of aromatic nitrogens is 3. The molecular weight excluding hydrogens is 360 g/mol. The minimum atomic E-state index is -0.199. The van der Waals surface area contributed by atoms with E-state index in [1.165, 1.54) is 18.1 Å². The Kier molecular flexibility index (Phi) is 5.57. The maximum absolute atomic E-state index is 12.6. The fourth-order valence-electron chi connectivity index (χ4n) is 2.22. The van der Waals surface area contributed by atoms with Crippen LogP contribution in [-0.4, -0.2) is 28.2 Å². The highest BCUT2D eigenvalue weighted by atomic mass is 35.5. The molecule has 0 saturated carbocycles. The van der Waals surface area contributed by atoms with Crippen LogP contribution in [0.25, 0.3) is 0 Å². The minimum absolute atomic E-state index is 0.199. The second-order valence-electron chi connectivity index (χ2n) is 5.04. The Morgan fingerprint density at radius 3 is 2.88 bits per heavy atom. The molecule has 8 heteroatoms. The Bertz CT molecular complexity index is 871. The number of benzene rings is 2. The van der Waals surface area contributed by atoms with E-state index in [1.807, 2.05) is 18.2 Å². The van der Waals surface area contributed by atoms with E-state index in [1.54, 1.807) is 31.4 Å². The first-order valence-corrected chi connectivity index (χ1v) is 8.74. The van der Waals surface area contributed by atoms with E-state index < -0.39 is 0 Å². The highest BCUT2D eigenvalue weighted by Gasteiger charge is 2.13. The number of amides is 1. The van der Waals surface area contributed by atoms with Gasteiger partial charge >= 0.3 is 0 Å². The van der Waals surface area contributed by atoms with Gasteiger partial charge in [-0.25, -0.2) is 4.98 Å². The van der Waals surface area contributed by atoms with Crippen molar-refractivity contribution in [3.8, 4) is 5.75 Å². The third kappa shape index (κ3) is 4.32. The topological polar surface area (TPSA) is 79.9 Å². The van der Waals surface area contributed by atoms with E-state index in [4.69, 9.17) is 16.3 Å². The van der Waals surface area contributed by atoms with Crippen LogP contribution in [0.5, 0.6) is 5.75 Å². The van der Waals surface area contributed by atoms with Gasteiger partial charge in [0.15, 0.2) is 5.16 Å². The largest absolute Gasteiger partial charge is 0.495 e. The molecule has 2 N–H and O–H groups in total. The molecule has 0 atom stereocenters. The molecule has 3 aromatic rings. The number of anilines is 1. The van der Waals surface area contributed by atoms with E-state index in [0.717, 1.165) is 5.56 Å². The lowest BCUT2D eigenvalue weighted by Crippen LogP contribution is -2.14. The van der Waals surface area contributed by atoms with Gasteiger partial charge in [-0.1, -0.05) is 41.6 Å². The Balaban J connectivity index is 1.74. The molecule has 0 unspecified atom stereocenters. The number of halogens is 1. The number of ether oxygens (including phenoxy) is 1. The van der Waals surface area contributed by atoms with Crippen molar-refractivity contribution >= 4 is 35.0 Å². The van der Waals surface area contributed by atoms with E-state index in [-0.39, 0.29) is 5.91 Å². The third-order valence-corrected chi connectivity index (χ3v) is 4.65. The number of carbonyl (C=O) groups is 1. The molecule has 0 aliphatic carbocycles. The molecule has 0 bridgehead atoms. The second kappa shape index (κ2) is 8.04. The Hall–Kier alpha value is -2.51. The van der Waals surface area contributed by atoms with E-state index in [2.05, 4.69) is 20.5 Å². The zero-order chi connectivity index (χ0) is 17.6. The van der Waals surface area contributed by atoms with E-state index >= 15 is 0 Å². The van der Waals surface area contributed by atoms with Gasteiger partial charge in [-0.3, -0.25) is 9.89 Å². The molecule has 128 valence electrons. The first-order chi connectivity index (χ1) is 12.2. The number of thioether (sulfide) groups is 1. The normalized spacial score (nSPS) is 10.5. The summed E-state index contributed by atoms with van der Waals surface area (Å²) in [6.07, 6.45) is 1.45. The van der Waals surface area contributed by atoms with Gasteiger partial charge in [0.25, 0.3) is 5.91 Å². The van der Waals surface area contributed by atoms with Crippen molar-refractivity contribution in [3.05, 3.63) is 64.9 Å². The summed E-state index contributed by atoms with van der Waals surface area (Å²) in [5.41, 5.74) is 2.11. The fraction of sp³-hybridized carbons (Fsp3) is 0.118. The molecule has 3 rings (SSSR count). The van der Waals surface area contributed by atoms with Gasteiger partial charge in [0.05, 0.1) is 12.1 Å². The summed E-state index contributed by atoms with van der Waals surface area (Å²) in [4.78, 5) is 16.7. The Morgan fingerprint density at radius 2 is 2.16 bits per heavy atom. The first-order valence-electron chi connectivity index (χ1n) is 7.38. The standard InChI is InChI=1S/C17H15ClN4O2S/c1-24-15-7-6-12(8-14(15)18)21-16(23)13-5-3-2-4-11(13)9-25-17-19-10-20-22-17/h2-8,10H,9H2,1H3,(H,21,23)(H,19,20,22). The number of methoxy groups -OCH3 is 1. The number of aromatic amines is 1. The van der Waals surface area contributed by atoms with Crippen LogP contribution in [0.15, 0.2) is 53.9 Å². The summed E-state index contributed by atoms with van der Waals surface area (Å²) < 4.78 is 5.11. The fourth-order valence-corrected chi connectivity index (χ4v) is 3.26. The minimum Gasteiger partial charge on any atom is -0.495 e. The molecule has 0 spiro atoms. The van der Waals surface area contributed by atoms with E-state index in [0.29, 0.717) is 32.9 Å². The molecule has 0 fully saturated rings. The predicted octanol–water partition coefficient (Wildman–Crippen LogP) is 4.01. The maximum atomic E-state index is 12.6. The number of hydrogen-bond acceptors (Lipinski definition) is 5. The highest BCUT2D eigenvalue weighted by molar-refractivity contribution is 7.98. The lowest BCUT2D eigenvalue weighted by atomic mass is 10.1. The summed E-state index contributed by atoms with van der Waals surface area (Å²) >= 11 is 7.58. The molecule has 2 aromatic carbocycles. The number of nitrogens with zero attached hydrogens (tertiary/aromatic N) is 2. The number of nitrogens with one attached hydrogen (secondary N) is 2. The van der Waals surface area contributed by atoms with Crippen LogP contribution in [0.2, 0.25) is 5.02 Å². The van der Waals surface area contributed by atoms with Crippen LogP contribution in [0, 0.1) is 0 Å². The number of carbonyl (C=O) groups excluding carboxylic acids is 1. The predicted molar refractivity (Wildman–Crippen MR) is 98.3 cm³/mol. The summed E-state index contributed by atoms with van der Waals surface area (Å²) in [6, 6.07) is 12.5. The van der Waals surface area contributed by atoms with Crippen LogP contribution in [0.3, 0.4) is 0 Å².